The maximum Gasteiger partial charge on any atom is 0.00335 e. The van der Waals surface area contributed by atoms with E-state index in [4.69, 9.17) is 5.73 Å². The van der Waals surface area contributed by atoms with E-state index < -0.39 is 0 Å². The van der Waals surface area contributed by atoms with Crippen LogP contribution in [0, 0.1) is 37.5 Å². The fourth-order valence-electron chi connectivity index (χ4n) is 4.18. The third-order valence-electron chi connectivity index (χ3n) is 7.24. The summed E-state index contributed by atoms with van der Waals surface area (Å²) in [5.74, 6) is 2.14. The van der Waals surface area contributed by atoms with Crippen molar-refractivity contribution < 1.29 is 0 Å². The zero-order chi connectivity index (χ0) is 26.4. The normalized spacial score (nSPS) is 25.2. The van der Waals surface area contributed by atoms with Gasteiger partial charge in [0.15, 0.2) is 0 Å². The van der Waals surface area contributed by atoms with E-state index in [1.54, 1.807) is 0 Å². The van der Waals surface area contributed by atoms with E-state index in [-0.39, 0.29) is 0 Å². The molecule has 192 valence electrons. The van der Waals surface area contributed by atoms with Crippen molar-refractivity contribution in [2.75, 3.05) is 0 Å². The Kier molecular flexibility index (Phi) is 15.8. The number of rotatable bonds is 2. The van der Waals surface area contributed by atoms with Crippen LogP contribution < -0.4 is 5.73 Å². The standard InChI is InChI=1S/C26H36.C5H13N.C2H6/c1-17-14-22(6)26-23(7)16-21(5)18(2)12-13-20(4)24(8)19(3)10-9-11-25(26)15-17;1-3-5(6)4-2;1-2/h9,11-15,18-19,21,24H,4,7,10,16H2,1-3,5-6,8H3;5H,3-4,6H2,1-2H3;1-2H3/b11-9+,13-12-;;. The molecule has 4 unspecified atom stereocenters. The molecule has 0 aliphatic heterocycles. The van der Waals surface area contributed by atoms with E-state index in [0.29, 0.717) is 29.7 Å². The van der Waals surface area contributed by atoms with E-state index in [9.17, 15) is 0 Å². The van der Waals surface area contributed by atoms with Crippen molar-refractivity contribution in [1.29, 1.82) is 0 Å². The molecule has 1 aromatic rings. The average molecular weight is 466 g/mol. The fourth-order valence-corrected chi connectivity index (χ4v) is 4.18. The maximum absolute atomic E-state index is 5.47. The molecular weight excluding hydrogens is 410 g/mol. The topological polar surface area (TPSA) is 26.0 Å². The van der Waals surface area contributed by atoms with Crippen LogP contribution in [0.25, 0.3) is 11.6 Å². The molecule has 0 bridgehead atoms. The third-order valence-corrected chi connectivity index (χ3v) is 7.24. The fraction of sp³-hybridized carbons (Fsp3) is 0.576. The molecule has 1 heteroatoms. The summed E-state index contributed by atoms with van der Waals surface area (Å²) in [6, 6.07) is 5.02. The molecule has 0 spiro atoms. The van der Waals surface area contributed by atoms with Crippen LogP contribution in [0.5, 0.6) is 0 Å². The van der Waals surface area contributed by atoms with Gasteiger partial charge in [-0.3, -0.25) is 0 Å². The first-order chi connectivity index (χ1) is 16.0. The van der Waals surface area contributed by atoms with Gasteiger partial charge in [0.2, 0.25) is 0 Å². The Morgan fingerprint density at radius 2 is 1.53 bits per heavy atom. The molecule has 2 N–H and O–H groups in total. The second-order valence-corrected chi connectivity index (χ2v) is 10.1. The second kappa shape index (κ2) is 16.7. The summed E-state index contributed by atoms with van der Waals surface area (Å²) >= 11 is 0. The van der Waals surface area contributed by atoms with Gasteiger partial charge in [0.1, 0.15) is 0 Å². The van der Waals surface area contributed by atoms with Gasteiger partial charge in [-0.15, -0.1) is 0 Å². The van der Waals surface area contributed by atoms with Gasteiger partial charge in [-0.05, 0) is 85.5 Å². The molecule has 0 radical (unpaired) electrons. The highest BCUT2D eigenvalue weighted by Crippen LogP contribution is 2.33. The molecule has 1 aromatic carbocycles. The van der Waals surface area contributed by atoms with Gasteiger partial charge in [-0.2, -0.15) is 0 Å². The Labute approximate surface area is 213 Å². The number of fused-ring (bicyclic) bond motifs is 1. The number of nitrogens with two attached hydrogens (primary N) is 1. The highest BCUT2D eigenvalue weighted by Gasteiger charge is 2.17. The van der Waals surface area contributed by atoms with Crippen molar-refractivity contribution in [3.05, 3.63) is 71.3 Å². The number of hydrogen-bond acceptors (Lipinski definition) is 1. The SMILES string of the molecule is C=C1CC(C)C(C)/C=C\C(=C)C(C)C(C)C/C=C/c2cc(C)cc(C)c21.CC.CCC(N)CC. The summed E-state index contributed by atoms with van der Waals surface area (Å²) in [7, 11) is 0. The monoisotopic (exact) mass is 465 g/mol. The van der Waals surface area contributed by atoms with Crippen LogP contribution in [-0.4, -0.2) is 6.04 Å². The minimum absolute atomic E-state index is 0.435. The number of aryl methyl sites for hydroxylation is 2. The molecule has 2 rings (SSSR count). The van der Waals surface area contributed by atoms with Gasteiger partial charge < -0.3 is 5.73 Å². The van der Waals surface area contributed by atoms with Crippen molar-refractivity contribution >= 4 is 11.6 Å². The molecule has 0 fully saturated rings. The molecule has 1 aliphatic carbocycles. The summed E-state index contributed by atoms with van der Waals surface area (Å²) in [5, 5.41) is 0. The smallest absolute Gasteiger partial charge is 0.00335 e. The average Bonchev–Trinajstić information content (AvgIpc) is 2.81. The Morgan fingerprint density at radius 3 is 2.06 bits per heavy atom. The highest BCUT2D eigenvalue weighted by molar-refractivity contribution is 5.76. The van der Waals surface area contributed by atoms with Crippen molar-refractivity contribution in [3.8, 4) is 0 Å². The first-order valence-electron chi connectivity index (χ1n) is 13.6. The first-order valence-corrected chi connectivity index (χ1v) is 13.6. The van der Waals surface area contributed by atoms with E-state index in [1.807, 2.05) is 13.8 Å². The van der Waals surface area contributed by atoms with E-state index in [2.05, 4.69) is 105 Å². The van der Waals surface area contributed by atoms with Crippen LogP contribution >= 0.6 is 0 Å². The largest absolute Gasteiger partial charge is 0.328 e. The third kappa shape index (κ3) is 10.6. The molecule has 0 saturated carbocycles. The van der Waals surface area contributed by atoms with Gasteiger partial charge in [0, 0.05) is 6.04 Å². The van der Waals surface area contributed by atoms with Crippen molar-refractivity contribution in [2.24, 2.45) is 29.4 Å². The molecule has 1 nitrogen and oxygen atoms in total. The van der Waals surface area contributed by atoms with Crippen LogP contribution in [0.3, 0.4) is 0 Å². The van der Waals surface area contributed by atoms with Crippen molar-refractivity contribution in [3.63, 3.8) is 0 Å². The molecular formula is C33H55N. The Hall–Kier alpha value is -1.86. The van der Waals surface area contributed by atoms with Crippen LogP contribution in [0.2, 0.25) is 0 Å². The summed E-state index contributed by atoms with van der Waals surface area (Å²) in [4.78, 5) is 0. The number of hydrogen-bond donors (Lipinski definition) is 1. The molecule has 1 aliphatic rings. The lowest BCUT2D eigenvalue weighted by molar-refractivity contribution is 0.449. The first kappa shape index (κ1) is 32.1. The van der Waals surface area contributed by atoms with Crippen LogP contribution in [0.4, 0.5) is 0 Å². The van der Waals surface area contributed by atoms with Gasteiger partial charge in [-0.1, -0.05) is 116 Å². The van der Waals surface area contributed by atoms with Crippen molar-refractivity contribution in [1.82, 2.24) is 0 Å². The minimum atomic E-state index is 0.435. The lowest BCUT2D eigenvalue weighted by Crippen LogP contribution is -2.16. The molecule has 0 amide bonds. The predicted octanol–water partition coefficient (Wildman–Crippen LogP) is 9.94. The summed E-state index contributed by atoms with van der Waals surface area (Å²) < 4.78 is 0. The summed E-state index contributed by atoms with van der Waals surface area (Å²) in [6.45, 7) is 30.7. The van der Waals surface area contributed by atoms with E-state index >= 15 is 0 Å². The predicted molar refractivity (Wildman–Crippen MR) is 158 cm³/mol. The second-order valence-electron chi connectivity index (χ2n) is 10.1. The number of benzene rings is 1. The van der Waals surface area contributed by atoms with Crippen LogP contribution in [0.15, 0.2) is 49.1 Å². The zero-order valence-electron chi connectivity index (χ0n) is 24.2. The van der Waals surface area contributed by atoms with Crippen LogP contribution in [0.1, 0.15) is 103 Å². The molecule has 0 saturated heterocycles. The van der Waals surface area contributed by atoms with Crippen LogP contribution in [-0.2, 0) is 0 Å². The molecule has 0 aromatic heterocycles. The van der Waals surface area contributed by atoms with E-state index in [0.717, 1.165) is 25.7 Å². The quantitative estimate of drug-likeness (QED) is 0.462. The van der Waals surface area contributed by atoms with Gasteiger partial charge in [-0.25, -0.2) is 0 Å². The zero-order valence-corrected chi connectivity index (χ0v) is 24.2. The Morgan fingerprint density at radius 1 is 0.941 bits per heavy atom. The molecule has 0 heterocycles. The van der Waals surface area contributed by atoms with E-state index in [1.165, 1.54) is 33.4 Å². The van der Waals surface area contributed by atoms with Crippen molar-refractivity contribution in [2.45, 2.75) is 101 Å². The summed E-state index contributed by atoms with van der Waals surface area (Å²) in [6.07, 6.45) is 13.5. The summed E-state index contributed by atoms with van der Waals surface area (Å²) in [5.41, 5.74) is 13.3. The molecule has 4 atom stereocenters. The highest BCUT2D eigenvalue weighted by atomic mass is 14.6. The maximum atomic E-state index is 5.47. The lowest BCUT2D eigenvalue weighted by Gasteiger charge is -2.23. The molecule has 34 heavy (non-hydrogen) atoms. The Bertz CT molecular complexity index is 806. The van der Waals surface area contributed by atoms with Gasteiger partial charge in [0.25, 0.3) is 0 Å². The number of allylic oxidation sites excluding steroid dienone is 5. The van der Waals surface area contributed by atoms with Gasteiger partial charge in [0.05, 0.1) is 0 Å². The minimum Gasteiger partial charge on any atom is -0.328 e. The Balaban J connectivity index is 0.00000118. The lowest BCUT2D eigenvalue weighted by atomic mass is 9.82. The van der Waals surface area contributed by atoms with Gasteiger partial charge >= 0.3 is 0 Å².